The van der Waals surface area contributed by atoms with Gasteiger partial charge in [-0.15, -0.1) is 11.6 Å². The van der Waals surface area contributed by atoms with Crippen molar-refractivity contribution in [1.29, 1.82) is 0 Å². The summed E-state index contributed by atoms with van der Waals surface area (Å²) in [5.74, 6) is 1.71. The fourth-order valence-electron chi connectivity index (χ4n) is 3.27. The smallest absolute Gasteiger partial charge is 0.240 e. The van der Waals surface area contributed by atoms with Crippen molar-refractivity contribution in [1.82, 2.24) is 14.5 Å². The zero-order valence-electron chi connectivity index (χ0n) is 13.1. The Balaban J connectivity index is 1.67. The van der Waals surface area contributed by atoms with Gasteiger partial charge >= 0.3 is 0 Å². The summed E-state index contributed by atoms with van der Waals surface area (Å²) in [5, 5.41) is -0.420. The standard InChI is InChI=1S/C17H22ClN3O/c1-12(18)17(22)20-9-7-14(8-10-20)11-21-13(2)19-15-5-3-4-6-16(15)21/h3-6,12,14H,7-11H2,1-2H3. The molecule has 4 nitrogen and oxygen atoms in total. The van der Waals surface area contributed by atoms with Crippen molar-refractivity contribution in [3.05, 3.63) is 30.1 Å². The Kier molecular flexibility index (Phi) is 4.39. The number of rotatable bonds is 3. The van der Waals surface area contributed by atoms with E-state index < -0.39 is 5.38 Å². The molecule has 5 heteroatoms. The number of nitrogens with zero attached hydrogens (tertiary/aromatic N) is 3. The summed E-state index contributed by atoms with van der Waals surface area (Å²) in [6, 6.07) is 8.27. The van der Waals surface area contributed by atoms with Crippen molar-refractivity contribution >= 4 is 28.5 Å². The molecule has 1 unspecified atom stereocenters. The highest BCUT2D eigenvalue weighted by atomic mass is 35.5. The zero-order valence-corrected chi connectivity index (χ0v) is 13.9. The first-order valence-electron chi connectivity index (χ1n) is 7.91. The Hall–Kier alpha value is -1.55. The van der Waals surface area contributed by atoms with Crippen LogP contribution in [-0.2, 0) is 11.3 Å². The van der Waals surface area contributed by atoms with E-state index >= 15 is 0 Å². The zero-order chi connectivity index (χ0) is 15.7. The Labute approximate surface area is 136 Å². The van der Waals surface area contributed by atoms with Gasteiger partial charge in [-0.05, 0) is 44.7 Å². The molecular formula is C17H22ClN3O. The molecule has 0 saturated carbocycles. The van der Waals surface area contributed by atoms with Crippen LogP contribution in [0.15, 0.2) is 24.3 Å². The van der Waals surface area contributed by atoms with Crippen LogP contribution in [0, 0.1) is 12.8 Å². The maximum atomic E-state index is 11.9. The van der Waals surface area contributed by atoms with Crippen molar-refractivity contribution < 1.29 is 4.79 Å². The maximum Gasteiger partial charge on any atom is 0.240 e. The van der Waals surface area contributed by atoms with E-state index in [0.717, 1.165) is 43.8 Å². The van der Waals surface area contributed by atoms with E-state index in [9.17, 15) is 4.79 Å². The van der Waals surface area contributed by atoms with Gasteiger partial charge in [0.1, 0.15) is 11.2 Å². The van der Waals surface area contributed by atoms with Gasteiger partial charge in [-0.25, -0.2) is 4.98 Å². The van der Waals surface area contributed by atoms with Crippen LogP contribution in [0.5, 0.6) is 0 Å². The summed E-state index contributed by atoms with van der Waals surface area (Å²) in [4.78, 5) is 18.5. The van der Waals surface area contributed by atoms with Gasteiger partial charge in [-0.2, -0.15) is 0 Å². The number of carbonyl (C=O) groups excluding carboxylic acids is 1. The summed E-state index contributed by atoms with van der Waals surface area (Å²) in [5.41, 5.74) is 2.26. The SMILES string of the molecule is Cc1nc2ccccc2n1CC1CCN(C(=O)C(C)Cl)CC1. The molecule has 1 aromatic carbocycles. The average Bonchev–Trinajstić information content (AvgIpc) is 2.83. The van der Waals surface area contributed by atoms with E-state index in [1.807, 2.05) is 11.0 Å². The molecule has 0 radical (unpaired) electrons. The first-order valence-corrected chi connectivity index (χ1v) is 8.34. The van der Waals surface area contributed by atoms with E-state index in [1.165, 1.54) is 5.52 Å². The Morgan fingerprint density at radius 1 is 1.36 bits per heavy atom. The van der Waals surface area contributed by atoms with Gasteiger partial charge in [0.05, 0.1) is 11.0 Å². The van der Waals surface area contributed by atoms with Crippen LogP contribution in [0.2, 0.25) is 0 Å². The molecule has 0 aliphatic carbocycles. The van der Waals surface area contributed by atoms with E-state index in [0.29, 0.717) is 5.92 Å². The lowest BCUT2D eigenvalue weighted by molar-refractivity contribution is -0.131. The number of imidazole rings is 1. The van der Waals surface area contributed by atoms with E-state index in [-0.39, 0.29) is 5.91 Å². The highest BCUT2D eigenvalue weighted by Crippen LogP contribution is 2.24. The molecule has 1 fully saturated rings. The third-order valence-electron chi connectivity index (χ3n) is 4.55. The lowest BCUT2D eigenvalue weighted by Crippen LogP contribution is -2.42. The molecule has 0 spiro atoms. The number of halogens is 1. The minimum Gasteiger partial charge on any atom is -0.341 e. The molecule has 1 amide bonds. The minimum absolute atomic E-state index is 0.0596. The van der Waals surface area contributed by atoms with Crippen molar-refractivity contribution in [2.24, 2.45) is 5.92 Å². The number of carbonyl (C=O) groups is 1. The lowest BCUT2D eigenvalue weighted by atomic mass is 9.96. The van der Waals surface area contributed by atoms with Crippen LogP contribution >= 0.6 is 11.6 Å². The number of aromatic nitrogens is 2. The summed E-state index contributed by atoms with van der Waals surface area (Å²) >= 11 is 5.90. The Morgan fingerprint density at radius 3 is 2.73 bits per heavy atom. The van der Waals surface area contributed by atoms with Crippen molar-refractivity contribution in [3.8, 4) is 0 Å². The number of piperidine rings is 1. The number of aryl methyl sites for hydroxylation is 1. The minimum atomic E-state index is -0.420. The van der Waals surface area contributed by atoms with Crippen LogP contribution in [0.1, 0.15) is 25.6 Å². The molecule has 22 heavy (non-hydrogen) atoms. The van der Waals surface area contributed by atoms with Crippen molar-refractivity contribution in [3.63, 3.8) is 0 Å². The third kappa shape index (κ3) is 2.98. The third-order valence-corrected chi connectivity index (χ3v) is 4.74. The predicted octanol–water partition coefficient (Wildman–Crippen LogP) is 3.21. The number of amides is 1. The quantitative estimate of drug-likeness (QED) is 0.815. The van der Waals surface area contributed by atoms with Gasteiger partial charge in [0, 0.05) is 19.6 Å². The van der Waals surface area contributed by atoms with Crippen LogP contribution in [0.25, 0.3) is 11.0 Å². The second-order valence-corrected chi connectivity index (χ2v) is 6.80. The monoisotopic (exact) mass is 319 g/mol. The lowest BCUT2D eigenvalue weighted by Gasteiger charge is -2.33. The number of alkyl halides is 1. The normalized spacial score (nSPS) is 17.9. The largest absolute Gasteiger partial charge is 0.341 e. The molecule has 2 heterocycles. The Bertz CT molecular complexity index is 672. The number of likely N-dealkylation sites (tertiary alicyclic amines) is 1. The van der Waals surface area contributed by atoms with Gasteiger partial charge in [-0.3, -0.25) is 4.79 Å². The van der Waals surface area contributed by atoms with Crippen molar-refractivity contribution in [2.45, 2.75) is 38.6 Å². The molecular weight excluding hydrogens is 298 g/mol. The molecule has 1 saturated heterocycles. The number of hydrogen-bond donors (Lipinski definition) is 0. The second kappa shape index (κ2) is 6.29. The summed E-state index contributed by atoms with van der Waals surface area (Å²) in [6.45, 7) is 6.41. The second-order valence-electron chi connectivity index (χ2n) is 6.14. The summed E-state index contributed by atoms with van der Waals surface area (Å²) < 4.78 is 2.31. The van der Waals surface area contributed by atoms with E-state index in [1.54, 1.807) is 6.92 Å². The van der Waals surface area contributed by atoms with E-state index in [4.69, 9.17) is 11.6 Å². The highest BCUT2D eigenvalue weighted by molar-refractivity contribution is 6.30. The summed E-state index contributed by atoms with van der Waals surface area (Å²) in [6.07, 6.45) is 2.06. The molecule has 3 rings (SSSR count). The Morgan fingerprint density at radius 2 is 2.05 bits per heavy atom. The number of fused-ring (bicyclic) bond motifs is 1. The number of hydrogen-bond acceptors (Lipinski definition) is 2. The topological polar surface area (TPSA) is 38.1 Å². The molecule has 1 aromatic heterocycles. The molecule has 118 valence electrons. The van der Waals surface area contributed by atoms with Crippen LogP contribution in [0.3, 0.4) is 0 Å². The summed E-state index contributed by atoms with van der Waals surface area (Å²) in [7, 11) is 0. The van der Waals surface area contributed by atoms with Gasteiger partial charge in [-0.1, -0.05) is 12.1 Å². The maximum absolute atomic E-state index is 11.9. The number of benzene rings is 1. The fraction of sp³-hybridized carbons (Fsp3) is 0.529. The first kappa shape index (κ1) is 15.3. The van der Waals surface area contributed by atoms with E-state index in [2.05, 4.69) is 34.7 Å². The van der Waals surface area contributed by atoms with Crippen LogP contribution < -0.4 is 0 Å². The average molecular weight is 320 g/mol. The van der Waals surface area contributed by atoms with Crippen LogP contribution in [0.4, 0.5) is 0 Å². The molecule has 1 atom stereocenters. The molecule has 0 N–H and O–H groups in total. The fourth-order valence-corrected chi connectivity index (χ4v) is 3.41. The number of para-hydroxylation sites is 2. The van der Waals surface area contributed by atoms with Gasteiger partial charge in [0.25, 0.3) is 0 Å². The van der Waals surface area contributed by atoms with Crippen molar-refractivity contribution in [2.75, 3.05) is 13.1 Å². The highest BCUT2D eigenvalue weighted by Gasteiger charge is 2.25. The van der Waals surface area contributed by atoms with Crippen LogP contribution in [-0.4, -0.2) is 38.8 Å². The van der Waals surface area contributed by atoms with Gasteiger partial charge in [0.15, 0.2) is 0 Å². The molecule has 1 aliphatic heterocycles. The first-order chi connectivity index (χ1) is 10.6. The molecule has 1 aliphatic rings. The predicted molar refractivity (Wildman–Crippen MR) is 89.1 cm³/mol. The molecule has 2 aromatic rings. The van der Waals surface area contributed by atoms with Gasteiger partial charge < -0.3 is 9.47 Å². The van der Waals surface area contributed by atoms with Gasteiger partial charge in [0.2, 0.25) is 5.91 Å². The molecule has 0 bridgehead atoms.